The van der Waals surface area contributed by atoms with E-state index < -0.39 is 0 Å². The summed E-state index contributed by atoms with van der Waals surface area (Å²) in [5, 5.41) is 11.8. The molecule has 0 aliphatic rings. The van der Waals surface area contributed by atoms with Crippen molar-refractivity contribution < 1.29 is 0 Å². The van der Waals surface area contributed by atoms with Crippen LogP contribution in [0.3, 0.4) is 0 Å². The molecule has 166 valence electrons. The molecular formula is C26H20ClN7. The van der Waals surface area contributed by atoms with E-state index >= 15 is 0 Å². The van der Waals surface area contributed by atoms with Gasteiger partial charge in [0.05, 0.1) is 11.0 Å². The van der Waals surface area contributed by atoms with Crippen molar-refractivity contribution in [2.45, 2.75) is 12.3 Å². The van der Waals surface area contributed by atoms with Crippen LogP contribution in [-0.4, -0.2) is 30.4 Å². The number of benzene rings is 3. The average molecular weight is 466 g/mol. The molecule has 0 aliphatic heterocycles. The number of nitrogen functional groups attached to an aromatic ring is 1. The Hall–Kier alpha value is -4.23. The number of imidazole rings is 1. The van der Waals surface area contributed by atoms with Crippen LogP contribution in [0.5, 0.6) is 0 Å². The van der Waals surface area contributed by atoms with Crippen molar-refractivity contribution in [2.24, 2.45) is 0 Å². The zero-order valence-corrected chi connectivity index (χ0v) is 18.8. The number of halogens is 1. The number of para-hydroxylation sites is 1. The Bertz CT molecular complexity index is 1620. The van der Waals surface area contributed by atoms with E-state index in [0.29, 0.717) is 28.4 Å². The minimum absolute atomic E-state index is 0.0524. The first kappa shape index (κ1) is 20.4. The van der Waals surface area contributed by atoms with Crippen LogP contribution >= 0.6 is 11.6 Å². The third-order valence-corrected chi connectivity index (χ3v) is 6.38. The van der Waals surface area contributed by atoms with Gasteiger partial charge < -0.3 is 10.7 Å². The molecule has 6 aromatic rings. The van der Waals surface area contributed by atoms with E-state index in [-0.39, 0.29) is 5.92 Å². The lowest BCUT2D eigenvalue weighted by molar-refractivity contribution is 0.771. The molecule has 0 saturated heterocycles. The van der Waals surface area contributed by atoms with E-state index in [9.17, 15) is 0 Å². The Kier molecular flexibility index (Phi) is 4.96. The number of nitrogens with one attached hydrogen (secondary N) is 2. The van der Waals surface area contributed by atoms with Crippen molar-refractivity contribution in [3.63, 3.8) is 0 Å². The van der Waals surface area contributed by atoms with E-state index in [1.165, 1.54) is 0 Å². The van der Waals surface area contributed by atoms with Crippen molar-refractivity contribution in [1.82, 2.24) is 30.4 Å². The first-order valence-electron chi connectivity index (χ1n) is 10.9. The fourth-order valence-electron chi connectivity index (χ4n) is 4.51. The Labute approximate surface area is 200 Å². The first-order chi connectivity index (χ1) is 16.7. The summed E-state index contributed by atoms with van der Waals surface area (Å²) < 4.78 is 0. The number of nitrogens with two attached hydrogens (primary N) is 1. The summed E-state index contributed by atoms with van der Waals surface area (Å²) in [7, 11) is 0. The van der Waals surface area contributed by atoms with Crippen LogP contribution in [0.25, 0.3) is 33.3 Å². The molecule has 3 heterocycles. The molecule has 4 N–H and O–H groups in total. The number of hydrogen-bond donors (Lipinski definition) is 3. The summed E-state index contributed by atoms with van der Waals surface area (Å²) in [5.74, 6) is 1.22. The largest absolute Gasteiger partial charge is 0.384 e. The van der Waals surface area contributed by atoms with Crippen molar-refractivity contribution in [3.05, 3.63) is 101 Å². The summed E-state index contributed by atoms with van der Waals surface area (Å²) >= 11 is 6.50. The number of anilines is 1. The molecule has 0 spiro atoms. The lowest BCUT2D eigenvalue weighted by atomic mass is 9.88. The van der Waals surface area contributed by atoms with Gasteiger partial charge in [0.1, 0.15) is 17.2 Å². The van der Waals surface area contributed by atoms with Gasteiger partial charge in [-0.25, -0.2) is 15.1 Å². The third-order valence-electron chi connectivity index (χ3n) is 6.05. The number of hydrogen-bond acceptors (Lipinski definition) is 5. The highest BCUT2D eigenvalue weighted by atomic mass is 35.5. The number of H-pyrrole nitrogens is 2. The molecule has 0 saturated carbocycles. The van der Waals surface area contributed by atoms with E-state index in [1.807, 2.05) is 66.7 Å². The van der Waals surface area contributed by atoms with Gasteiger partial charge in [0.15, 0.2) is 5.65 Å². The Balaban J connectivity index is 1.48. The summed E-state index contributed by atoms with van der Waals surface area (Å²) in [5.41, 5.74) is 13.3. The quantitative estimate of drug-likeness (QED) is 0.311. The van der Waals surface area contributed by atoms with Gasteiger partial charge in [-0.05, 0) is 29.3 Å². The molecule has 1 atom stereocenters. The molecule has 34 heavy (non-hydrogen) atoms. The van der Waals surface area contributed by atoms with Gasteiger partial charge >= 0.3 is 0 Å². The predicted octanol–water partition coefficient (Wildman–Crippen LogP) is 5.51. The highest BCUT2D eigenvalue weighted by Crippen LogP contribution is 2.35. The highest BCUT2D eigenvalue weighted by molar-refractivity contribution is 6.33. The normalized spacial score (nSPS) is 12.4. The van der Waals surface area contributed by atoms with Crippen LogP contribution in [0, 0.1) is 0 Å². The molecule has 0 aliphatic carbocycles. The van der Waals surface area contributed by atoms with Gasteiger partial charge in [-0.1, -0.05) is 77.5 Å². The summed E-state index contributed by atoms with van der Waals surface area (Å²) in [6.45, 7) is 0. The van der Waals surface area contributed by atoms with Crippen LogP contribution in [0.4, 0.5) is 5.82 Å². The Morgan fingerprint density at radius 3 is 2.50 bits per heavy atom. The number of rotatable bonds is 5. The highest BCUT2D eigenvalue weighted by Gasteiger charge is 2.22. The van der Waals surface area contributed by atoms with Crippen LogP contribution in [0.1, 0.15) is 22.9 Å². The van der Waals surface area contributed by atoms with Crippen LogP contribution in [0.2, 0.25) is 5.02 Å². The standard InChI is InChI=1S/C26H20ClN7/c27-20-11-5-4-9-16(20)17-10-6-12-21-24(17)31-23(29-21)14-18(15-7-2-1-3-8-15)19-13-22(28)30-26-25(19)32-34-33-26/h1-13,18H,14H2,(H,29,31)(H3,28,30,32,33,34)/t18-/m1/s1. The monoisotopic (exact) mass is 465 g/mol. The molecule has 3 aromatic heterocycles. The molecule has 0 unspecified atom stereocenters. The van der Waals surface area contributed by atoms with Crippen molar-refractivity contribution in [1.29, 1.82) is 0 Å². The van der Waals surface area contributed by atoms with E-state index in [4.69, 9.17) is 22.3 Å². The Morgan fingerprint density at radius 1 is 0.853 bits per heavy atom. The van der Waals surface area contributed by atoms with E-state index in [2.05, 4.69) is 37.5 Å². The molecule has 0 fully saturated rings. The SMILES string of the molecule is Nc1cc([C@H](Cc2nc3c(-c4ccccc4Cl)cccc3[nH]2)c2ccccc2)c2nn[nH]c2n1. The minimum atomic E-state index is -0.0524. The molecule has 7 nitrogen and oxygen atoms in total. The summed E-state index contributed by atoms with van der Waals surface area (Å²) in [6.07, 6.45) is 0.617. The van der Waals surface area contributed by atoms with Gasteiger partial charge in [0.25, 0.3) is 0 Å². The molecule has 3 aromatic carbocycles. The molecule has 0 amide bonds. The fourth-order valence-corrected chi connectivity index (χ4v) is 4.75. The zero-order valence-electron chi connectivity index (χ0n) is 18.0. The topological polar surface area (TPSA) is 109 Å². The fraction of sp³-hybridized carbons (Fsp3) is 0.0769. The molecule has 8 heteroatoms. The van der Waals surface area contributed by atoms with Crippen LogP contribution in [-0.2, 0) is 6.42 Å². The minimum Gasteiger partial charge on any atom is -0.384 e. The van der Waals surface area contributed by atoms with Gasteiger partial charge in [-0.3, -0.25) is 0 Å². The molecule has 0 radical (unpaired) electrons. The number of nitrogens with zero attached hydrogens (tertiary/aromatic N) is 4. The van der Waals surface area contributed by atoms with Crippen molar-refractivity contribution >= 4 is 39.6 Å². The van der Waals surface area contributed by atoms with Crippen molar-refractivity contribution in [3.8, 4) is 11.1 Å². The smallest absolute Gasteiger partial charge is 0.178 e. The van der Waals surface area contributed by atoms with Gasteiger partial charge in [-0.15, -0.1) is 5.10 Å². The second-order valence-electron chi connectivity index (χ2n) is 8.18. The lowest BCUT2D eigenvalue weighted by Gasteiger charge is -2.17. The summed E-state index contributed by atoms with van der Waals surface area (Å²) in [6, 6.07) is 26.1. The number of aromatic amines is 2. The average Bonchev–Trinajstić information content (AvgIpc) is 3.49. The number of pyridine rings is 1. The zero-order chi connectivity index (χ0) is 23.1. The maximum Gasteiger partial charge on any atom is 0.178 e. The van der Waals surface area contributed by atoms with Gasteiger partial charge in [0.2, 0.25) is 0 Å². The van der Waals surface area contributed by atoms with Crippen LogP contribution < -0.4 is 5.73 Å². The second-order valence-corrected chi connectivity index (χ2v) is 8.59. The predicted molar refractivity (Wildman–Crippen MR) is 135 cm³/mol. The van der Waals surface area contributed by atoms with Gasteiger partial charge in [0, 0.05) is 28.5 Å². The lowest BCUT2D eigenvalue weighted by Crippen LogP contribution is -2.08. The second kappa shape index (κ2) is 8.28. The molecule has 0 bridgehead atoms. The van der Waals surface area contributed by atoms with Crippen molar-refractivity contribution in [2.75, 3.05) is 5.73 Å². The van der Waals surface area contributed by atoms with E-state index in [1.54, 1.807) is 0 Å². The number of aromatic nitrogens is 6. The molecular weight excluding hydrogens is 446 g/mol. The maximum atomic E-state index is 6.50. The Morgan fingerprint density at radius 2 is 1.65 bits per heavy atom. The summed E-state index contributed by atoms with van der Waals surface area (Å²) in [4.78, 5) is 12.8. The number of fused-ring (bicyclic) bond motifs is 2. The maximum absolute atomic E-state index is 6.50. The van der Waals surface area contributed by atoms with E-state index in [0.717, 1.165) is 39.1 Å². The van der Waals surface area contributed by atoms with Gasteiger partial charge in [-0.2, -0.15) is 0 Å². The first-order valence-corrected chi connectivity index (χ1v) is 11.3. The van der Waals surface area contributed by atoms with Crippen LogP contribution in [0.15, 0.2) is 78.9 Å². The third kappa shape index (κ3) is 3.56. The molecule has 6 rings (SSSR count).